The van der Waals surface area contributed by atoms with Gasteiger partial charge >= 0.3 is 5.97 Å². The maximum absolute atomic E-state index is 10.5. The topological polar surface area (TPSA) is 29.5 Å². The fourth-order valence-electron chi connectivity index (χ4n) is 1.04. The van der Waals surface area contributed by atoms with Crippen LogP contribution in [0.3, 0.4) is 0 Å². The van der Waals surface area contributed by atoms with E-state index in [1.807, 2.05) is 0 Å². The molecule has 0 unspecified atom stereocenters. The number of nitrogens with zero attached hydrogens (tertiary/aromatic N) is 1. The smallest absolute Gasteiger partial charge is 0.302 e. The van der Waals surface area contributed by atoms with E-state index in [9.17, 15) is 4.79 Å². The Morgan fingerprint density at radius 3 is 2.46 bits per heavy atom. The van der Waals surface area contributed by atoms with Crippen molar-refractivity contribution >= 4 is 17.6 Å². The van der Waals surface area contributed by atoms with Crippen LogP contribution < -0.4 is 0 Å². The number of ether oxygens (including phenoxy) is 1. The second-order valence-electron chi connectivity index (χ2n) is 3.16. The van der Waals surface area contributed by atoms with Crippen molar-refractivity contribution in [3.8, 4) is 0 Å². The van der Waals surface area contributed by atoms with Gasteiger partial charge in [-0.05, 0) is 13.8 Å². The number of carbonyl (C=O) groups excluding carboxylic acids is 1. The summed E-state index contributed by atoms with van der Waals surface area (Å²) in [5.74, 6) is 0.382. The molecule has 0 atom stereocenters. The summed E-state index contributed by atoms with van der Waals surface area (Å²) in [6.45, 7) is 7.65. The Bertz CT molecular complexity index is 151. The first-order valence-corrected chi connectivity index (χ1v) is 5.04. The summed E-state index contributed by atoms with van der Waals surface area (Å²) in [7, 11) is 0. The molecule has 0 aromatic heterocycles. The highest BCUT2D eigenvalue weighted by molar-refractivity contribution is 6.18. The lowest BCUT2D eigenvalue weighted by atomic mass is 10.3. The highest BCUT2D eigenvalue weighted by Crippen LogP contribution is 1.98. The predicted octanol–water partition coefficient (Wildman–Crippen LogP) is 1.50. The van der Waals surface area contributed by atoms with Crippen LogP contribution in [0.2, 0.25) is 0 Å². The Balaban J connectivity index is 3.62. The van der Waals surface area contributed by atoms with E-state index in [-0.39, 0.29) is 5.97 Å². The van der Waals surface area contributed by atoms with Gasteiger partial charge in [0.1, 0.15) is 6.61 Å². The van der Waals surface area contributed by atoms with Crippen molar-refractivity contribution in [1.29, 1.82) is 0 Å². The summed E-state index contributed by atoms with van der Waals surface area (Å²) in [5, 5.41) is 0. The van der Waals surface area contributed by atoms with E-state index in [1.54, 1.807) is 0 Å². The van der Waals surface area contributed by atoms with Gasteiger partial charge in [-0.2, -0.15) is 0 Å². The number of carbonyl (C=O) groups is 1. The number of alkyl halides is 1. The van der Waals surface area contributed by atoms with Crippen LogP contribution in [0.5, 0.6) is 0 Å². The lowest BCUT2D eigenvalue weighted by Crippen LogP contribution is -2.35. The third-order valence-electron chi connectivity index (χ3n) is 1.79. The van der Waals surface area contributed by atoms with Crippen molar-refractivity contribution in [2.45, 2.75) is 26.8 Å². The molecule has 3 nitrogen and oxygen atoms in total. The van der Waals surface area contributed by atoms with Crippen LogP contribution in [0.4, 0.5) is 0 Å². The number of esters is 1. The van der Waals surface area contributed by atoms with Crippen LogP contribution in [0, 0.1) is 0 Å². The first-order valence-electron chi connectivity index (χ1n) is 4.51. The third kappa shape index (κ3) is 6.84. The van der Waals surface area contributed by atoms with Gasteiger partial charge in [0.25, 0.3) is 0 Å². The summed E-state index contributed by atoms with van der Waals surface area (Å²) < 4.78 is 4.85. The maximum Gasteiger partial charge on any atom is 0.302 e. The minimum atomic E-state index is -0.227. The molecule has 78 valence electrons. The molecule has 0 amide bonds. The normalized spacial score (nSPS) is 10.9. The van der Waals surface area contributed by atoms with E-state index in [0.717, 1.165) is 13.1 Å². The van der Waals surface area contributed by atoms with Gasteiger partial charge in [0.15, 0.2) is 0 Å². The molecule has 4 heteroatoms. The van der Waals surface area contributed by atoms with Crippen LogP contribution in [-0.2, 0) is 9.53 Å². The minimum Gasteiger partial charge on any atom is -0.465 e. The molecule has 0 fully saturated rings. The minimum absolute atomic E-state index is 0.227. The van der Waals surface area contributed by atoms with Crippen molar-refractivity contribution in [3.63, 3.8) is 0 Å². The number of halogens is 1. The molecule has 0 aliphatic rings. The van der Waals surface area contributed by atoms with Crippen molar-refractivity contribution < 1.29 is 9.53 Å². The van der Waals surface area contributed by atoms with Gasteiger partial charge in [0.2, 0.25) is 0 Å². The summed E-state index contributed by atoms with van der Waals surface area (Å²) in [6.07, 6.45) is 0. The van der Waals surface area contributed by atoms with E-state index >= 15 is 0 Å². The first kappa shape index (κ1) is 12.7. The molecule has 13 heavy (non-hydrogen) atoms. The SMILES string of the molecule is CC(=O)OCCN(CCCl)C(C)C. The largest absolute Gasteiger partial charge is 0.465 e. The molecule has 0 bridgehead atoms. The summed E-state index contributed by atoms with van der Waals surface area (Å²) in [5.41, 5.74) is 0. The van der Waals surface area contributed by atoms with Crippen LogP contribution in [0.15, 0.2) is 0 Å². The first-order chi connectivity index (χ1) is 6.07. The summed E-state index contributed by atoms with van der Waals surface area (Å²) in [4.78, 5) is 12.7. The summed E-state index contributed by atoms with van der Waals surface area (Å²) >= 11 is 5.63. The zero-order valence-electron chi connectivity index (χ0n) is 8.55. The molecule has 0 heterocycles. The van der Waals surface area contributed by atoms with Crippen molar-refractivity contribution in [3.05, 3.63) is 0 Å². The molecule has 0 rings (SSSR count). The highest BCUT2D eigenvalue weighted by atomic mass is 35.5. The molecule has 0 spiro atoms. The maximum atomic E-state index is 10.5. The Kier molecular flexibility index (Phi) is 7.00. The van der Waals surface area contributed by atoms with Crippen molar-refractivity contribution in [1.82, 2.24) is 4.90 Å². The zero-order chi connectivity index (χ0) is 10.3. The Hall–Kier alpha value is -0.280. The molecular formula is C9H18ClNO2. The van der Waals surface area contributed by atoms with Gasteiger partial charge in [-0.15, -0.1) is 11.6 Å². The van der Waals surface area contributed by atoms with Crippen LogP contribution in [0.25, 0.3) is 0 Å². The lowest BCUT2D eigenvalue weighted by molar-refractivity contribution is -0.141. The molecule has 0 saturated heterocycles. The van der Waals surface area contributed by atoms with E-state index in [2.05, 4.69) is 18.7 Å². The van der Waals surface area contributed by atoms with Crippen LogP contribution in [0.1, 0.15) is 20.8 Å². The van der Waals surface area contributed by atoms with Crippen molar-refractivity contribution in [2.75, 3.05) is 25.6 Å². The predicted molar refractivity (Wildman–Crippen MR) is 54.1 cm³/mol. The fourth-order valence-corrected chi connectivity index (χ4v) is 1.26. The molecular weight excluding hydrogens is 190 g/mol. The van der Waals surface area contributed by atoms with Crippen LogP contribution in [-0.4, -0.2) is 42.5 Å². The fraction of sp³-hybridized carbons (Fsp3) is 0.889. The van der Waals surface area contributed by atoms with E-state index in [1.165, 1.54) is 6.92 Å². The zero-order valence-corrected chi connectivity index (χ0v) is 9.30. The molecule has 0 aromatic rings. The number of hydrogen-bond acceptors (Lipinski definition) is 3. The van der Waals surface area contributed by atoms with Gasteiger partial charge in [0.05, 0.1) is 0 Å². The van der Waals surface area contributed by atoms with Crippen LogP contribution >= 0.6 is 11.6 Å². The molecule has 0 saturated carbocycles. The molecule has 0 N–H and O–H groups in total. The van der Waals surface area contributed by atoms with Crippen molar-refractivity contribution in [2.24, 2.45) is 0 Å². The van der Waals surface area contributed by atoms with Gasteiger partial charge in [0, 0.05) is 31.9 Å². The number of rotatable bonds is 6. The molecule has 0 radical (unpaired) electrons. The van der Waals surface area contributed by atoms with E-state index < -0.39 is 0 Å². The molecule has 0 aromatic carbocycles. The van der Waals surface area contributed by atoms with Gasteiger partial charge in [-0.25, -0.2) is 0 Å². The number of hydrogen-bond donors (Lipinski definition) is 0. The molecule has 0 aliphatic carbocycles. The second kappa shape index (κ2) is 7.15. The van der Waals surface area contributed by atoms with Gasteiger partial charge in [-0.1, -0.05) is 0 Å². The highest BCUT2D eigenvalue weighted by Gasteiger charge is 2.08. The van der Waals surface area contributed by atoms with Gasteiger partial charge in [-0.3, -0.25) is 9.69 Å². The monoisotopic (exact) mass is 207 g/mol. The standard InChI is InChI=1S/C9H18ClNO2/c1-8(2)11(5-4-10)6-7-13-9(3)12/h8H,4-7H2,1-3H3. The average Bonchev–Trinajstić information content (AvgIpc) is 2.02. The summed E-state index contributed by atoms with van der Waals surface area (Å²) in [6, 6.07) is 0.439. The third-order valence-corrected chi connectivity index (χ3v) is 1.95. The Morgan fingerprint density at radius 1 is 1.46 bits per heavy atom. The van der Waals surface area contributed by atoms with Gasteiger partial charge < -0.3 is 4.74 Å². The molecule has 0 aliphatic heterocycles. The quantitative estimate of drug-likeness (QED) is 0.489. The average molecular weight is 208 g/mol. The Morgan fingerprint density at radius 2 is 2.08 bits per heavy atom. The second-order valence-corrected chi connectivity index (χ2v) is 3.54. The Labute approximate surface area is 85.0 Å². The van der Waals surface area contributed by atoms with E-state index in [4.69, 9.17) is 16.3 Å². The lowest BCUT2D eigenvalue weighted by Gasteiger charge is -2.24. The van der Waals surface area contributed by atoms with E-state index in [0.29, 0.717) is 18.5 Å².